The lowest BCUT2D eigenvalue weighted by Crippen LogP contribution is -2.43. The van der Waals surface area contributed by atoms with Gasteiger partial charge in [0.1, 0.15) is 5.75 Å². The van der Waals surface area contributed by atoms with Crippen LogP contribution in [-0.2, 0) is 19.6 Å². The number of hydrogen-bond donors (Lipinski definition) is 2. The van der Waals surface area contributed by atoms with Gasteiger partial charge in [-0.2, -0.15) is 0 Å². The first kappa shape index (κ1) is 21.4. The second kappa shape index (κ2) is 9.34. The summed E-state index contributed by atoms with van der Waals surface area (Å²) in [6.07, 6.45) is 0. The smallest absolute Gasteiger partial charge is 0.338 e. The minimum absolute atomic E-state index is 0.114. The van der Waals surface area contributed by atoms with Crippen molar-refractivity contribution >= 4 is 21.9 Å². The molecule has 2 aromatic carbocycles. The Kier molecular flexibility index (Phi) is 7.13. The van der Waals surface area contributed by atoms with Gasteiger partial charge in [0.15, 0.2) is 6.61 Å². The van der Waals surface area contributed by atoms with E-state index in [1.807, 2.05) is 36.9 Å². The van der Waals surface area contributed by atoms with E-state index in [0.717, 1.165) is 11.1 Å². The highest BCUT2D eigenvalue weighted by Crippen LogP contribution is 2.22. The van der Waals surface area contributed by atoms with Crippen molar-refractivity contribution in [3.05, 3.63) is 59.2 Å². The van der Waals surface area contributed by atoms with Crippen LogP contribution in [0.1, 0.15) is 28.4 Å². The fraction of sp³-hybridized carbons (Fsp3) is 0.263. The number of benzene rings is 2. The zero-order valence-corrected chi connectivity index (χ0v) is 16.6. The first-order valence-corrected chi connectivity index (χ1v) is 9.99. The quantitative estimate of drug-likeness (QED) is 0.511. The van der Waals surface area contributed by atoms with Gasteiger partial charge in [0.05, 0.1) is 17.1 Å². The molecule has 2 rings (SSSR count). The predicted octanol–water partition coefficient (Wildman–Crippen LogP) is 1.87. The van der Waals surface area contributed by atoms with E-state index >= 15 is 0 Å². The number of para-hydroxylation sites is 1. The molecule has 0 fully saturated rings. The number of amides is 1. The summed E-state index contributed by atoms with van der Waals surface area (Å²) in [7, 11) is -4.00. The molecule has 2 aromatic rings. The molecular weight excluding hydrogens is 384 g/mol. The summed E-state index contributed by atoms with van der Waals surface area (Å²) in [6, 6.07) is 10.7. The Labute approximate surface area is 163 Å². The van der Waals surface area contributed by atoms with Crippen molar-refractivity contribution in [1.82, 2.24) is 10.3 Å². The number of ether oxygens (including phenoxy) is 2. The Hall–Kier alpha value is -2.91. The maximum absolute atomic E-state index is 12.2. The minimum atomic E-state index is -4.00. The van der Waals surface area contributed by atoms with Gasteiger partial charge in [-0.1, -0.05) is 18.2 Å². The summed E-state index contributed by atoms with van der Waals surface area (Å²) in [5.41, 5.74) is 4.06. The molecule has 0 bridgehead atoms. The van der Waals surface area contributed by atoms with Crippen LogP contribution in [0.5, 0.6) is 5.75 Å². The third-order valence-corrected chi connectivity index (χ3v) is 5.02. The fourth-order valence-electron chi connectivity index (χ4n) is 2.37. The lowest BCUT2D eigenvalue weighted by Gasteiger charge is -2.12. The number of carbonyl (C=O) groups is 2. The fourth-order valence-corrected chi connectivity index (χ4v) is 3.23. The van der Waals surface area contributed by atoms with Crippen LogP contribution in [0.3, 0.4) is 0 Å². The Bertz CT molecular complexity index is 935. The lowest BCUT2D eigenvalue weighted by molar-refractivity contribution is -0.123. The Morgan fingerprint density at radius 1 is 1.00 bits per heavy atom. The number of sulfonamides is 1. The second-order valence-corrected chi connectivity index (χ2v) is 7.59. The van der Waals surface area contributed by atoms with Gasteiger partial charge >= 0.3 is 5.97 Å². The van der Waals surface area contributed by atoms with Crippen LogP contribution in [0.2, 0.25) is 0 Å². The molecule has 0 aliphatic rings. The SMILES string of the molecule is CCOC(=O)c1ccc(S(=O)(=O)NNC(=O)COc2c(C)cccc2C)cc1. The van der Waals surface area contributed by atoms with Crippen LogP contribution in [0.4, 0.5) is 0 Å². The molecule has 0 unspecified atom stereocenters. The normalized spacial score (nSPS) is 11.0. The summed E-state index contributed by atoms with van der Waals surface area (Å²) in [5.74, 6) is -0.624. The van der Waals surface area contributed by atoms with E-state index in [0.29, 0.717) is 5.75 Å². The summed E-state index contributed by atoms with van der Waals surface area (Å²) in [5, 5.41) is 0. The van der Waals surface area contributed by atoms with E-state index in [1.54, 1.807) is 6.92 Å². The molecule has 9 heteroatoms. The number of aryl methyl sites for hydroxylation is 2. The second-order valence-electron chi connectivity index (χ2n) is 5.91. The molecule has 2 N–H and O–H groups in total. The maximum atomic E-state index is 12.2. The van der Waals surface area contributed by atoms with E-state index in [9.17, 15) is 18.0 Å². The van der Waals surface area contributed by atoms with E-state index in [1.165, 1.54) is 24.3 Å². The van der Waals surface area contributed by atoms with Crippen molar-refractivity contribution in [3.63, 3.8) is 0 Å². The van der Waals surface area contributed by atoms with Crippen LogP contribution in [0.25, 0.3) is 0 Å². The van der Waals surface area contributed by atoms with E-state index in [-0.39, 0.29) is 23.7 Å². The van der Waals surface area contributed by atoms with Crippen LogP contribution in [0, 0.1) is 13.8 Å². The van der Waals surface area contributed by atoms with Crippen molar-refractivity contribution in [2.24, 2.45) is 0 Å². The molecule has 150 valence electrons. The summed E-state index contributed by atoms with van der Waals surface area (Å²) in [4.78, 5) is 25.4. The van der Waals surface area contributed by atoms with Gasteiger partial charge in [-0.05, 0) is 56.2 Å². The number of hydrazine groups is 1. The third kappa shape index (κ3) is 5.54. The number of hydrogen-bond acceptors (Lipinski definition) is 6. The first-order chi connectivity index (χ1) is 13.2. The minimum Gasteiger partial charge on any atom is -0.483 e. The standard InChI is InChI=1S/C19H22N2O6S/c1-4-26-19(23)15-8-10-16(11-9-15)28(24,25)21-20-17(22)12-27-18-13(2)6-5-7-14(18)3/h5-11,21H,4,12H2,1-3H3,(H,20,22). The zero-order chi connectivity index (χ0) is 20.7. The van der Waals surface area contributed by atoms with Crippen molar-refractivity contribution in [3.8, 4) is 5.75 Å². The average molecular weight is 406 g/mol. The molecule has 0 aliphatic carbocycles. The van der Waals surface area contributed by atoms with Crippen molar-refractivity contribution < 1.29 is 27.5 Å². The van der Waals surface area contributed by atoms with Gasteiger partial charge in [-0.25, -0.2) is 13.2 Å². The molecule has 0 heterocycles. The molecular formula is C19H22N2O6S. The topological polar surface area (TPSA) is 111 Å². The van der Waals surface area contributed by atoms with Gasteiger partial charge in [0.2, 0.25) is 0 Å². The Morgan fingerprint density at radius 2 is 1.61 bits per heavy atom. The highest BCUT2D eigenvalue weighted by molar-refractivity contribution is 7.89. The highest BCUT2D eigenvalue weighted by Gasteiger charge is 2.17. The van der Waals surface area contributed by atoms with Crippen molar-refractivity contribution in [2.45, 2.75) is 25.7 Å². The van der Waals surface area contributed by atoms with Gasteiger partial charge < -0.3 is 9.47 Å². The predicted molar refractivity (Wildman–Crippen MR) is 102 cm³/mol. The molecule has 0 aromatic heterocycles. The molecule has 0 aliphatic heterocycles. The van der Waals surface area contributed by atoms with Crippen LogP contribution >= 0.6 is 0 Å². The molecule has 1 amide bonds. The third-order valence-electron chi connectivity index (χ3n) is 3.76. The number of rotatable bonds is 8. The number of nitrogens with one attached hydrogen (secondary N) is 2. The molecule has 0 spiro atoms. The first-order valence-electron chi connectivity index (χ1n) is 8.51. The van der Waals surface area contributed by atoms with Gasteiger partial charge in [0.25, 0.3) is 15.9 Å². The largest absolute Gasteiger partial charge is 0.483 e. The average Bonchev–Trinajstić information content (AvgIpc) is 2.66. The summed E-state index contributed by atoms with van der Waals surface area (Å²) < 4.78 is 34.8. The lowest BCUT2D eigenvalue weighted by atomic mass is 10.1. The van der Waals surface area contributed by atoms with Gasteiger partial charge in [-0.15, -0.1) is 4.83 Å². The molecule has 0 atom stereocenters. The molecule has 0 saturated heterocycles. The van der Waals surface area contributed by atoms with Crippen LogP contribution in [-0.4, -0.2) is 33.5 Å². The number of carbonyl (C=O) groups excluding carboxylic acids is 2. The zero-order valence-electron chi connectivity index (χ0n) is 15.8. The van der Waals surface area contributed by atoms with Crippen molar-refractivity contribution in [2.75, 3.05) is 13.2 Å². The van der Waals surface area contributed by atoms with E-state index < -0.39 is 21.9 Å². The Morgan fingerprint density at radius 3 is 2.18 bits per heavy atom. The summed E-state index contributed by atoms with van der Waals surface area (Å²) in [6.45, 7) is 5.24. The van der Waals surface area contributed by atoms with Gasteiger partial charge in [-0.3, -0.25) is 10.2 Å². The van der Waals surface area contributed by atoms with E-state index in [2.05, 4.69) is 5.43 Å². The molecule has 28 heavy (non-hydrogen) atoms. The van der Waals surface area contributed by atoms with Crippen LogP contribution < -0.4 is 15.0 Å². The molecule has 0 saturated carbocycles. The number of esters is 1. The van der Waals surface area contributed by atoms with Crippen molar-refractivity contribution in [1.29, 1.82) is 0 Å². The molecule has 8 nitrogen and oxygen atoms in total. The van der Waals surface area contributed by atoms with Crippen LogP contribution in [0.15, 0.2) is 47.4 Å². The highest BCUT2D eigenvalue weighted by atomic mass is 32.2. The van der Waals surface area contributed by atoms with Gasteiger partial charge in [0, 0.05) is 0 Å². The monoisotopic (exact) mass is 406 g/mol. The van der Waals surface area contributed by atoms with E-state index in [4.69, 9.17) is 9.47 Å². The summed E-state index contributed by atoms with van der Waals surface area (Å²) >= 11 is 0. The molecule has 0 radical (unpaired) electrons. The maximum Gasteiger partial charge on any atom is 0.338 e. The Balaban J connectivity index is 1.93.